The van der Waals surface area contributed by atoms with Gasteiger partial charge in [-0.15, -0.1) is 0 Å². The minimum atomic E-state index is -0.527. The molecule has 3 N–H and O–H groups in total. The molecule has 0 bridgehead atoms. The molecule has 0 saturated heterocycles. The Bertz CT molecular complexity index is 871. The van der Waals surface area contributed by atoms with Crippen LogP contribution in [0.25, 0.3) is 10.9 Å². The van der Waals surface area contributed by atoms with Crippen molar-refractivity contribution in [1.82, 2.24) is 20.3 Å². The fourth-order valence-corrected chi connectivity index (χ4v) is 2.21. The van der Waals surface area contributed by atoms with E-state index in [1.807, 2.05) is 0 Å². The molecule has 112 valence electrons. The quantitative estimate of drug-likeness (QED) is 0.679. The summed E-state index contributed by atoms with van der Waals surface area (Å²) >= 11 is 0. The van der Waals surface area contributed by atoms with Crippen molar-refractivity contribution in [3.05, 3.63) is 64.2 Å². The number of imidazole rings is 1. The van der Waals surface area contributed by atoms with Gasteiger partial charge in [-0.1, -0.05) is 6.07 Å². The van der Waals surface area contributed by atoms with E-state index in [0.29, 0.717) is 13.0 Å². The van der Waals surface area contributed by atoms with Gasteiger partial charge in [-0.05, 0) is 12.1 Å². The van der Waals surface area contributed by atoms with Crippen molar-refractivity contribution in [2.24, 2.45) is 0 Å². The van der Waals surface area contributed by atoms with Crippen LogP contribution in [0.1, 0.15) is 16.1 Å². The van der Waals surface area contributed by atoms with Crippen LogP contribution in [0, 0.1) is 5.82 Å². The van der Waals surface area contributed by atoms with Crippen molar-refractivity contribution in [3.8, 4) is 0 Å². The number of aromatic amines is 2. The molecular formula is C15H13FN4O2. The highest BCUT2D eigenvalue weighted by Gasteiger charge is 2.14. The number of fused-ring (bicyclic) bond motifs is 1. The Morgan fingerprint density at radius 1 is 1.32 bits per heavy atom. The lowest BCUT2D eigenvalue weighted by molar-refractivity contribution is 0.0953. The van der Waals surface area contributed by atoms with Gasteiger partial charge >= 0.3 is 0 Å². The number of rotatable bonds is 4. The Kier molecular flexibility index (Phi) is 3.69. The van der Waals surface area contributed by atoms with Crippen LogP contribution in [-0.2, 0) is 6.42 Å². The summed E-state index contributed by atoms with van der Waals surface area (Å²) in [6.45, 7) is 0.363. The average molecular weight is 300 g/mol. The van der Waals surface area contributed by atoms with Crippen molar-refractivity contribution in [1.29, 1.82) is 0 Å². The normalized spacial score (nSPS) is 10.8. The number of aromatic nitrogens is 3. The second-order valence-corrected chi connectivity index (χ2v) is 4.78. The molecule has 3 aromatic rings. The number of halogens is 1. The molecule has 0 unspecified atom stereocenters. The van der Waals surface area contributed by atoms with E-state index in [1.54, 1.807) is 12.5 Å². The van der Waals surface area contributed by atoms with Crippen LogP contribution < -0.4 is 10.7 Å². The summed E-state index contributed by atoms with van der Waals surface area (Å²) in [4.78, 5) is 33.8. The standard InChI is InChI=1S/C15H13FN4O2/c16-12-3-1-2-10-13(12)19-7-11(14(10)21)15(22)18-5-4-9-6-17-8-20-9/h1-3,6-8H,4-5H2,(H,17,20)(H,18,22)(H,19,21). The topological polar surface area (TPSA) is 90.6 Å². The molecule has 1 amide bonds. The summed E-state index contributed by atoms with van der Waals surface area (Å²) in [5.41, 5.74) is 0.450. The van der Waals surface area contributed by atoms with Gasteiger partial charge in [-0.25, -0.2) is 9.37 Å². The maximum absolute atomic E-state index is 13.6. The number of para-hydroxylation sites is 1. The molecule has 2 aromatic heterocycles. The molecule has 0 aliphatic carbocycles. The molecule has 0 aliphatic rings. The zero-order valence-electron chi connectivity index (χ0n) is 11.5. The van der Waals surface area contributed by atoms with Gasteiger partial charge in [-0.2, -0.15) is 0 Å². The Morgan fingerprint density at radius 3 is 2.95 bits per heavy atom. The van der Waals surface area contributed by atoms with Crippen molar-refractivity contribution >= 4 is 16.8 Å². The largest absolute Gasteiger partial charge is 0.358 e. The number of amides is 1. The summed E-state index contributed by atoms with van der Waals surface area (Å²) in [7, 11) is 0. The van der Waals surface area contributed by atoms with E-state index in [2.05, 4.69) is 20.3 Å². The predicted molar refractivity (Wildman–Crippen MR) is 79.2 cm³/mol. The number of pyridine rings is 1. The first-order chi connectivity index (χ1) is 10.7. The first kappa shape index (κ1) is 14.0. The fourth-order valence-electron chi connectivity index (χ4n) is 2.21. The van der Waals surface area contributed by atoms with Crippen LogP contribution in [0.4, 0.5) is 4.39 Å². The SMILES string of the molecule is O=C(NCCc1cnc[nH]1)c1c[nH]c2c(F)cccc2c1=O. The van der Waals surface area contributed by atoms with Gasteiger partial charge in [-0.3, -0.25) is 9.59 Å². The van der Waals surface area contributed by atoms with Crippen LogP contribution in [0.2, 0.25) is 0 Å². The Hall–Kier alpha value is -2.96. The molecule has 22 heavy (non-hydrogen) atoms. The van der Waals surface area contributed by atoms with E-state index in [1.165, 1.54) is 24.4 Å². The van der Waals surface area contributed by atoms with E-state index in [4.69, 9.17) is 0 Å². The third-order valence-electron chi connectivity index (χ3n) is 3.34. The van der Waals surface area contributed by atoms with Crippen molar-refractivity contribution in [2.45, 2.75) is 6.42 Å². The van der Waals surface area contributed by atoms with E-state index in [0.717, 1.165) is 5.69 Å². The van der Waals surface area contributed by atoms with Gasteiger partial charge < -0.3 is 15.3 Å². The molecular weight excluding hydrogens is 287 g/mol. The average Bonchev–Trinajstić information content (AvgIpc) is 3.02. The molecule has 2 heterocycles. The third kappa shape index (κ3) is 2.60. The van der Waals surface area contributed by atoms with E-state index in [-0.39, 0.29) is 16.5 Å². The first-order valence-corrected chi connectivity index (χ1v) is 6.72. The van der Waals surface area contributed by atoms with Gasteiger partial charge in [0.1, 0.15) is 11.4 Å². The number of carbonyl (C=O) groups excluding carboxylic acids is 1. The highest BCUT2D eigenvalue weighted by Crippen LogP contribution is 2.11. The lowest BCUT2D eigenvalue weighted by Gasteiger charge is -2.05. The summed E-state index contributed by atoms with van der Waals surface area (Å²) in [6, 6.07) is 4.17. The molecule has 0 spiro atoms. The predicted octanol–water partition coefficient (Wildman–Crippen LogP) is 1.36. The van der Waals surface area contributed by atoms with Crippen molar-refractivity contribution in [3.63, 3.8) is 0 Å². The van der Waals surface area contributed by atoms with Crippen molar-refractivity contribution in [2.75, 3.05) is 6.54 Å². The monoisotopic (exact) mass is 300 g/mol. The van der Waals surface area contributed by atoms with Crippen LogP contribution in [0.3, 0.4) is 0 Å². The molecule has 0 atom stereocenters. The summed E-state index contributed by atoms with van der Waals surface area (Å²) < 4.78 is 13.6. The fraction of sp³-hybridized carbons (Fsp3) is 0.133. The van der Waals surface area contributed by atoms with E-state index in [9.17, 15) is 14.0 Å². The van der Waals surface area contributed by atoms with Gasteiger partial charge in [0.25, 0.3) is 5.91 Å². The number of carbonyl (C=O) groups is 1. The number of hydrogen-bond donors (Lipinski definition) is 3. The van der Waals surface area contributed by atoms with Gasteiger partial charge in [0.15, 0.2) is 0 Å². The molecule has 1 aromatic carbocycles. The zero-order valence-corrected chi connectivity index (χ0v) is 11.5. The lowest BCUT2D eigenvalue weighted by Crippen LogP contribution is -2.30. The Morgan fingerprint density at radius 2 is 2.18 bits per heavy atom. The molecule has 0 saturated carbocycles. The zero-order chi connectivity index (χ0) is 15.5. The van der Waals surface area contributed by atoms with E-state index >= 15 is 0 Å². The second kappa shape index (κ2) is 5.80. The number of nitrogens with one attached hydrogen (secondary N) is 3. The Balaban J connectivity index is 1.79. The highest BCUT2D eigenvalue weighted by atomic mass is 19.1. The van der Waals surface area contributed by atoms with Crippen LogP contribution in [0.15, 0.2) is 41.7 Å². The molecule has 0 aliphatic heterocycles. The molecule has 7 heteroatoms. The summed E-state index contributed by atoms with van der Waals surface area (Å²) in [5, 5.41) is 2.81. The maximum Gasteiger partial charge on any atom is 0.256 e. The number of H-pyrrole nitrogens is 2. The third-order valence-corrected chi connectivity index (χ3v) is 3.34. The number of nitrogens with zero attached hydrogens (tertiary/aromatic N) is 1. The summed E-state index contributed by atoms with van der Waals surface area (Å²) in [6.07, 6.45) is 5.03. The van der Waals surface area contributed by atoms with Gasteiger partial charge in [0, 0.05) is 36.4 Å². The smallest absolute Gasteiger partial charge is 0.256 e. The Labute approximate surface area is 124 Å². The minimum absolute atomic E-state index is 0.0392. The van der Waals surface area contributed by atoms with Crippen molar-refractivity contribution < 1.29 is 9.18 Å². The van der Waals surface area contributed by atoms with Gasteiger partial charge in [0.2, 0.25) is 5.43 Å². The number of benzene rings is 1. The molecule has 6 nitrogen and oxygen atoms in total. The lowest BCUT2D eigenvalue weighted by atomic mass is 10.1. The molecule has 3 rings (SSSR count). The molecule has 0 radical (unpaired) electrons. The first-order valence-electron chi connectivity index (χ1n) is 6.72. The summed E-state index contributed by atoms with van der Waals surface area (Å²) in [5.74, 6) is -1.02. The second-order valence-electron chi connectivity index (χ2n) is 4.78. The minimum Gasteiger partial charge on any atom is -0.358 e. The highest BCUT2D eigenvalue weighted by molar-refractivity contribution is 5.97. The van der Waals surface area contributed by atoms with Crippen LogP contribution in [0.5, 0.6) is 0 Å². The van der Waals surface area contributed by atoms with Crippen LogP contribution in [-0.4, -0.2) is 27.4 Å². The maximum atomic E-state index is 13.6. The van der Waals surface area contributed by atoms with E-state index < -0.39 is 17.2 Å². The molecule has 0 fully saturated rings. The van der Waals surface area contributed by atoms with Crippen LogP contribution >= 0.6 is 0 Å². The number of hydrogen-bond acceptors (Lipinski definition) is 3. The van der Waals surface area contributed by atoms with Gasteiger partial charge in [0.05, 0.1) is 11.8 Å².